The van der Waals surface area contributed by atoms with Crippen LogP contribution >= 0.6 is 12.4 Å². The molecule has 0 spiro atoms. The molecule has 0 fully saturated rings. The summed E-state index contributed by atoms with van der Waals surface area (Å²) < 4.78 is 52.8. The maximum absolute atomic E-state index is 14.3. The zero-order valence-corrected chi connectivity index (χ0v) is 19.0. The molecule has 0 aliphatic rings. The van der Waals surface area contributed by atoms with Gasteiger partial charge in [-0.25, -0.2) is 4.39 Å². The van der Waals surface area contributed by atoms with Gasteiger partial charge in [-0.2, -0.15) is 13.2 Å². The van der Waals surface area contributed by atoms with Gasteiger partial charge in [0.25, 0.3) is 0 Å². The fourth-order valence-electron chi connectivity index (χ4n) is 3.39. The SMILES string of the molecule is Cc1ccc(N(CCc2ccc(C(F)(F)F)cc2F)C(=O)C(N)c2ccccc2)cc1C.Cl. The second kappa shape index (κ2) is 10.8. The largest absolute Gasteiger partial charge is 0.416 e. The van der Waals surface area contributed by atoms with Gasteiger partial charge in [-0.05, 0) is 66.8 Å². The predicted molar refractivity (Wildman–Crippen MR) is 124 cm³/mol. The Morgan fingerprint density at radius 2 is 1.64 bits per heavy atom. The summed E-state index contributed by atoms with van der Waals surface area (Å²) in [6, 6.07) is 15.9. The number of hydrogen-bond donors (Lipinski definition) is 1. The highest BCUT2D eigenvalue weighted by atomic mass is 35.5. The summed E-state index contributed by atoms with van der Waals surface area (Å²) in [4.78, 5) is 14.8. The molecule has 0 saturated carbocycles. The molecule has 1 atom stereocenters. The highest BCUT2D eigenvalue weighted by Gasteiger charge is 2.31. The molecule has 2 N–H and O–H groups in total. The average molecular weight is 481 g/mol. The van der Waals surface area contributed by atoms with E-state index in [0.29, 0.717) is 17.3 Å². The number of benzene rings is 3. The number of carbonyl (C=O) groups excluding carboxylic acids is 1. The molecule has 33 heavy (non-hydrogen) atoms. The summed E-state index contributed by atoms with van der Waals surface area (Å²) in [6.45, 7) is 3.91. The van der Waals surface area contributed by atoms with E-state index in [1.807, 2.05) is 32.0 Å². The van der Waals surface area contributed by atoms with Crippen molar-refractivity contribution in [3.8, 4) is 0 Å². The number of carbonyl (C=O) groups is 1. The van der Waals surface area contributed by atoms with Gasteiger partial charge in [-0.3, -0.25) is 4.79 Å². The highest BCUT2D eigenvalue weighted by molar-refractivity contribution is 5.97. The van der Waals surface area contributed by atoms with Crippen molar-refractivity contribution in [3.63, 3.8) is 0 Å². The van der Waals surface area contributed by atoms with Crippen LogP contribution in [-0.4, -0.2) is 12.5 Å². The maximum Gasteiger partial charge on any atom is 0.416 e. The van der Waals surface area contributed by atoms with Crippen LogP contribution < -0.4 is 10.6 Å². The predicted octanol–water partition coefficient (Wildman–Crippen LogP) is 6.16. The van der Waals surface area contributed by atoms with Crippen LogP contribution in [0.2, 0.25) is 0 Å². The van der Waals surface area contributed by atoms with E-state index in [4.69, 9.17) is 5.73 Å². The van der Waals surface area contributed by atoms with Gasteiger partial charge in [0.1, 0.15) is 11.9 Å². The molecule has 3 rings (SSSR count). The molecule has 3 aromatic carbocycles. The Morgan fingerprint density at radius 3 is 2.21 bits per heavy atom. The minimum Gasteiger partial charge on any atom is -0.316 e. The minimum atomic E-state index is -4.62. The van der Waals surface area contributed by atoms with E-state index >= 15 is 0 Å². The molecule has 0 saturated heterocycles. The van der Waals surface area contributed by atoms with E-state index in [9.17, 15) is 22.4 Å². The quantitative estimate of drug-likeness (QED) is 0.429. The molecule has 0 aliphatic carbocycles. The maximum atomic E-state index is 14.3. The molecule has 0 heterocycles. The smallest absolute Gasteiger partial charge is 0.316 e. The number of hydrogen-bond acceptors (Lipinski definition) is 2. The lowest BCUT2D eigenvalue weighted by Gasteiger charge is -2.27. The molecule has 0 radical (unpaired) electrons. The van der Waals surface area contributed by atoms with E-state index in [0.717, 1.165) is 23.3 Å². The van der Waals surface area contributed by atoms with Crippen molar-refractivity contribution in [2.45, 2.75) is 32.5 Å². The van der Waals surface area contributed by atoms with Crippen molar-refractivity contribution in [2.75, 3.05) is 11.4 Å². The van der Waals surface area contributed by atoms with Gasteiger partial charge in [-0.1, -0.05) is 42.5 Å². The minimum absolute atomic E-state index is 0. The molecule has 3 aromatic rings. The Kier molecular flexibility index (Phi) is 8.63. The lowest BCUT2D eigenvalue weighted by molar-refractivity contribution is -0.137. The van der Waals surface area contributed by atoms with Crippen molar-refractivity contribution in [2.24, 2.45) is 5.73 Å². The Bertz CT molecular complexity index is 1100. The number of nitrogens with zero attached hydrogens (tertiary/aromatic N) is 1. The number of halogens is 5. The molecule has 0 bridgehead atoms. The van der Waals surface area contributed by atoms with Gasteiger partial charge in [0.2, 0.25) is 5.91 Å². The van der Waals surface area contributed by atoms with E-state index in [-0.39, 0.29) is 36.8 Å². The lowest BCUT2D eigenvalue weighted by Crippen LogP contribution is -2.40. The second-order valence-electron chi connectivity index (χ2n) is 7.70. The zero-order valence-electron chi connectivity index (χ0n) is 18.2. The van der Waals surface area contributed by atoms with Crippen LogP contribution in [0.4, 0.5) is 23.2 Å². The molecule has 1 unspecified atom stereocenters. The number of rotatable bonds is 6. The monoisotopic (exact) mass is 480 g/mol. The topological polar surface area (TPSA) is 46.3 Å². The van der Waals surface area contributed by atoms with Crippen LogP contribution in [-0.2, 0) is 17.4 Å². The summed E-state index contributed by atoms with van der Waals surface area (Å²) in [6.07, 6.45) is -4.59. The van der Waals surface area contributed by atoms with Crippen molar-refractivity contribution < 1.29 is 22.4 Å². The second-order valence-corrected chi connectivity index (χ2v) is 7.70. The van der Waals surface area contributed by atoms with Gasteiger partial charge < -0.3 is 10.6 Å². The lowest BCUT2D eigenvalue weighted by atomic mass is 10.0. The first-order valence-electron chi connectivity index (χ1n) is 10.1. The summed E-state index contributed by atoms with van der Waals surface area (Å²) >= 11 is 0. The number of aryl methyl sites for hydroxylation is 2. The van der Waals surface area contributed by atoms with Crippen LogP contribution in [0.3, 0.4) is 0 Å². The van der Waals surface area contributed by atoms with Crippen molar-refractivity contribution in [1.29, 1.82) is 0 Å². The zero-order chi connectivity index (χ0) is 23.5. The fraction of sp³-hybridized carbons (Fsp3) is 0.240. The fourth-order valence-corrected chi connectivity index (χ4v) is 3.39. The van der Waals surface area contributed by atoms with Gasteiger partial charge in [0, 0.05) is 12.2 Å². The van der Waals surface area contributed by atoms with E-state index in [1.54, 1.807) is 30.3 Å². The summed E-state index contributed by atoms with van der Waals surface area (Å²) in [7, 11) is 0. The molecule has 0 aliphatic heterocycles. The van der Waals surface area contributed by atoms with Gasteiger partial charge in [-0.15, -0.1) is 12.4 Å². The Balaban J connectivity index is 0.00000385. The summed E-state index contributed by atoms with van der Waals surface area (Å²) in [5, 5.41) is 0. The van der Waals surface area contributed by atoms with Crippen LogP contribution in [0.5, 0.6) is 0 Å². The molecule has 3 nitrogen and oxygen atoms in total. The number of nitrogens with two attached hydrogens (primary N) is 1. The first-order valence-corrected chi connectivity index (χ1v) is 10.1. The van der Waals surface area contributed by atoms with Crippen molar-refractivity contribution >= 4 is 24.0 Å². The average Bonchev–Trinajstić information content (AvgIpc) is 2.76. The van der Waals surface area contributed by atoms with E-state index < -0.39 is 23.6 Å². The van der Waals surface area contributed by atoms with E-state index in [2.05, 4.69) is 0 Å². The Hall–Kier alpha value is -2.90. The Morgan fingerprint density at radius 1 is 0.970 bits per heavy atom. The number of amides is 1. The third-order valence-electron chi connectivity index (χ3n) is 5.48. The molecule has 1 amide bonds. The molecule has 176 valence electrons. The normalized spacial score (nSPS) is 12.1. The van der Waals surface area contributed by atoms with E-state index in [1.165, 1.54) is 4.90 Å². The van der Waals surface area contributed by atoms with Gasteiger partial charge in [0.15, 0.2) is 0 Å². The number of anilines is 1. The van der Waals surface area contributed by atoms with Gasteiger partial charge in [0.05, 0.1) is 5.56 Å². The van der Waals surface area contributed by atoms with Crippen LogP contribution in [0.15, 0.2) is 66.7 Å². The first-order chi connectivity index (χ1) is 15.1. The molecule has 0 aromatic heterocycles. The third kappa shape index (κ3) is 6.33. The first kappa shape index (κ1) is 26.4. The van der Waals surface area contributed by atoms with Crippen LogP contribution in [0.1, 0.15) is 33.9 Å². The van der Waals surface area contributed by atoms with Gasteiger partial charge >= 0.3 is 6.18 Å². The third-order valence-corrected chi connectivity index (χ3v) is 5.48. The van der Waals surface area contributed by atoms with Crippen molar-refractivity contribution in [1.82, 2.24) is 0 Å². The summed E-state index contributed by atoms with van der Waals surface area (Å²) in [5.41, 5.74) is 8.50. The highest BCUT2D eigenvalue weighted by Crippen LogP contribution is 2.30. The number of alkyl halides is 3. The Labute approximate surface area is 196 Å². The molecule has 8 heteroatoms. The molecular formula is C25H25ClF4N2O. The van der Waals surface area contributed by atoms with Crippen molar-refractivity contribution in [3.05, 3.63) is 100 Å². The van der Waals surface area contributed by atoms with Crippen LogP contribution in [0.25, 0.3) is 0 Å². The summed E-state index contributed by atoms with van der Waals surface area (Å²) in [5.74, 6) is -1.34. The molecular weight excluding hydrogens is 456 g/mol. The van der Waals surface area contributed by atoms with Crippen LogP contribution in [0, 0.1) is 19.7 Å². The standard InChI is InChI=1S/C25H24F4N2O.ClH/c1-16-8-11-21(14-17(16)2)31(24(32)23(30)19-6-4-3-5-7-19)13-12-18-9-10-20(15-22(18)26)25(27,28)29;/h3-11,14-15,23H,12-13,30H2,1-2H3;1H.